The van der Waals surface area contributed by atoms with Crippen LogP contribution < -0.4 is 0 Å². The molecule has 0 fully saturated rings. The minimum Gasteiger partial charge on any atom is -0.354 e. The summed E-state index contributed by atoms with van der Waals surface area (Å²) in [5.74, 6) is 1.03. The van der Waals surface area contributed by atoms with Crippen LogP contribution >= 0.6 is 11.8 Å². The molecule has 27 heavy (non-hydrogen) atoms. The van der Waals surface area contributed by atoms with E-state index in [1.807, 2.05) is 42.5 Å². The van der Waals surface area contributed by atoms with E-state index in [0.717, 1.165) is 11.3 Å². The largest absolute Gasteiger partial charge is 0.354 e. The number of thioether (sulfide) groups is 1. The van der Waals surface area contributed by atoms with Gasteiger partial charge in [-0.05, 0) is 30.2 Å². The molecule has 7 heteroatoms. The lowest BCUT2D eigenvalue weighted by atomic mass is 10.1. The lowest BCUT2D eigenvalue weighted by molar-refractivity contribution is -0.386. The Labute approximate surface area is 161 Å². The van der Waals surface area contributed by atoms with Crippen molar-refractivity contribution in [3.63, 3.8) is 0 Å². The number of nitrogens with zero attached hydrogens (tertiary/aromatic N) is 3. The molecule has 1 atom stereocenters. The highest BCUT2D eigenvalue weighted by Gasteiger charge is 2.27. The van der Waals surface area contributed by atoms with Crippen LogP contribution in [0.2, 0.25) is 0 Å². The predicted molar refractivity (Wildman–Crippen MR) is 103 cm³/mol. The standard InChI is InChI=1S/C20H17N3O3S/c1-14-20(23(24)25)18(26-22-14)11-19(17-9-7-15(12-21)8-10-17)27-13-16-5-3-2-4-6-16/h2-10,19H,11,13H2,1H3. The summed E-state index contributed by atoms with van der Waals surface area (Å²) in [6.07, 6.45) is 0.348. The summed E-state index contributed by atoms with van der Waals surface area (Å²) in [5, 5.41) is 24.0. The van der Waals surface area contributed by atoms with Gasteiger partial charge in [0.05, 0.1) is 16.6 Å². The summed E-state index contributed by atoms with van der Waals surface area (Å²) in [5.41, 5.74) is 2.95. The minimum absolute atomic E-state index is 0.0612. The first-order valence-corrected chi connectivity index (χ1v) is 9.38. The molecule has 0 amide bonds. The fourth-order valence-corrected chi connectivity index (χ4v) is 3.97. The van der Waals surface area contributed by atoms with Gasteiger partial charge >= 0.3 is 5.69 Å². The summed E-state index contributed by atoms with van der Waals surface area (Å²) in [7, 11) is 0. The Bertz CT molecular complexity index is 962. The van der Waals surface area contributed by atoms with Crippen molar-refractivity contribution < 1.29 is 9.45 Å². The molecule has 0 aliphatic heterocycles. The van der Waals surface area contributed by atoms with Gasteiger partial charge in [-0.15, -0.1) is 11.8 Å². The van der Waals surface area contributed by atoms with Crippen molar-refractivity contribution in [2.24, 2.45) is 0 Å². The monoisotopic (exact) mass is 379 g/mol. The molecule has 3 rings (SSSR count). The summed E-state index contributed by atoms with van der Waals surface area (Å²) >= 11 is 1.67. The van der Waals surface area contributed by atoms with Crippen molar-refractivity contribution in [3.05, 3.63) is 92.9 Å². The molecule has 6 nitrogen and oxygen atoms in total. The Kier molecular flexibility index (Phi) is 5.89. The maximum atomic E-state index is 11.3. The second kappa shape index (κ2) is 8.52. The zero-order valence-electron chi connectivity index (χ0n) is 14.7. The van der Waals surface area contributed by atoms with Crippen molar-refractivity contribution in [1.29, 1.82) is 5.26 Å². The topological polar surface area (TPSA) is 93.0 Å². The Balaban J connectivity index is 1.87. The molecule has 2 aromatic carbocycles. The van der Waals surface area contributed by atoms with E-state index in [-0.39, 0.29) is 22.4 Å². The third-order valence-electron chi connectivity index (χ3n) is 4.16. The van der Waals surface area contributed by atoms with Crippen molar-refractivity contribution in [2.45, 2.75) is 24.3 Å². The molecule has 1 heterocycles. The SMILES string of the molecule is Cc1noc(CC(SCc2ccccc2)c2ccc(C#N)cc2)c1[N+](=O)[O-]. The number of hydrogen-bond donors (Lipinski definition) is 0. The average Bonchev–Trinajstić information content (AvgIpc) is 3.06. The van der Waals surface area contributed by atoms with Crippen LogP contribution in [0.5, 0.6) is 0 Å². The van der Waals surface area contributed by atoms with E-state index in [9.17, 15) is 10.1 Å². The first-order valence-electron chi connectivity index (χ1n) is 8.33. The van der Waals surface area contributed by atoms with E-state index in [1.54, 1.807) is 30.8 Å². The van der Waals surface area contributed by atoms with Crippen LogP contribution in [0.1, 0.15) is 33.4 Å². The third kappa shape index (κ3) is 4.54. The molecule has 0 saturated carbocycles. The van der Waals surface area contributed by atoms with Gasteiger partial charge in [-0.3, -0.25) is 10.1 Å². The van der Waals surface area contributed by atoms with Crippen LogP contribution in [0, 0.1) is 28.4 Å². The second-order valence-corrected chi connectivity index (χ2v) is 7.21. The van der Waals surface area contributed by atoms with Gasteiger partial charge in [0.2, 0.25) is 5.76 Å². The predicted octanol–water partition coefficient (Wildman–Crippen LogP) is 4.98. The fourth-order valence-electron chi connectivity index (χ4n) is 2.76. The molecular weight excluding hydrogens is 362 g/mol. The minimum atomic E-state index is -0.446. The highest BCUT2D eigenvalue weighted by Crippen LogP contribution is 2.37. The van der Waals surface area contributed by atoms with Crippen LogP contribution in [0.25, 0.3) is 0 Å². The van der Waals surface area contributed by atoms with Crippen LogP contribution in [-0.4, -0.2) is 10.1 Å². The fraction of sp³-hybridized carbons (Fsp3) is 0.200. The molecule has 0 aliphatic carbocycles. The zero-order valence-corrected chi connectivity index (χ0v) is 15.5. The van der Waals surface area contributed by atoms with E-state index < -0.39 is 4.92 Å². The molecule has 0 radical (unpaired) electrons. The second-order valence-electron chi connectivity index (χ2n) is 6.02. The Morgan fingerprint density at radius 2 is 1.93 bits per heavy atom. The van der Waals surface area contributed by atoms with E-state index in [2.05, 4.69) is 11.2 Å². The zero-order chi connectivity index (χ0) is 19.2. The normalized spacial score (nSPS) is 11.7. The third-order valence-corrected chi connectivity index (χ3v) is 5.50. The van der Waals surface area contributed by atoms with E-state index >= 15 is 0 Å². The van der Waals surface area contributed by atoms with Gasteiger partial charge in [0, 0.05) is 17.4 Å². The highest BCUT2D eigenvalue weighted by atomic mass is 32.2. The summed E-state index contributed by atoms with van der Waals surface area (Å²) < 4.78 is 5.25. The summed E-state index contributed by atoms with van der Waals surface area (Å²) in [6, 6.07) is 19.4. The number of nitro groups is 1. The van der Waals surface area contributed by atoms with Crippen LogP contribution in [-0.2, 0) is 12.2 Å². The van der Waals surface area contributed by atoms with Crippen LogP contribution in [0.15, 0.2) is 59.1 Å². The smallest absolute Gasteiger partial charge is 0.334 e. The van der Waals surface area contributed by atoms with Gasteiger partial charge < -0.3 is 4.52 Å². The van der Waals surface area contributed by atoms with Crippen molar-refractivity contribution in [1.82, 2.24) is 5.16 Å². The first kappa shape index (κ1) is 18.7. The highest BCUT2D eigenvalue weighted by molar-refractivity contribution is 7.98. The summed E-state index contributed by atoms with van der Waals surface area (Å²) in [6.45, 7) is 1.57. The molecule has 0 spiro atoms. The first-order chi connectivity index (χ1) is 13.1. The van der Waals surface area contributed by atoms with Gasteiger partial charge in [-0.2, -0.15) is 5.26 Å². The molecule has 0 N–H and O–H groups in total. The van der Waals surface area contributed by atoms with Crippen LogP contribution in [0.3, 0.4) is 0 Å². The number of aromatic nitrogens is 1. The molecule has 3 aromatic rings. The molecule has 0 saturated heterocycles. The maximum absolute atomic E-state index is 11.3. The van der Waals surface area contributed by atoms with Crippen LogP contribution in [0.4, 0.5) is 5.69 Å². The average molecular weight is 379 g/mol. The number of nitriles is 1. The summed E-state index contributed by atoms with van der Waals surface area (Å²) in [4.78, 5) is 10.9. The molecule has 136 valence electrons. The van der Waals surface area contributed by atoms with Crippen molar-refractivity contribution >= 4 is 17.4 Å². The van der Waals surface area contributed by atoms with Gasteiger partial charge in [-0.1, -0.05) is 47.6 Å². The quantitative estimate of drug-likeness (QED) is 0.424. The van der Waals surface area contributed by atoms with Gasteiger partial charge in [-0.25, -0.2) is 0 Å². The molecule has 0 bridgehead atoms. The maximum Gasteiger partial charge on any atom is 0.334 e. The van der Waals surface area contributed by atoms with Gasteiger partial charge in [0.25, 0.3) is 0 Å². The van der Waals surface area contributed by atoms with Crippen molar-refractivity contribution in [2.75, 3.05) is 0 Å². The van der Waals surface area contributed by atoms with Crippen molar-refractivity contribution in [3.8, 4) is 6.07 Å². The molecule has 0 aliphatic rings. The molecular formula is C20H17N3O3S. The van der Waals surface area contributed by atoms with E-state index in [4.69, 9.17) is 9.78 Å². The lowest BCUT2D eigenvalue weighted by Gasteiger charge is -2.16. The molecule has 1 unspecified atom stereocenters. The van der Waals surface area contributed by atoms with E-state index in [1.165, 1.54) is 5.56 Å². The number of aryl methyl sites for hydroxylation is 1. The Morgan fingerprint density at radius 1 is 1.22 bits per heavy atom. The van der Waals surface area contributed by atoms with E-state index in [0.29, 0.717) is 12.0 Å². The lowest BCUT2D eigenvalue weighted by Crippen LogP contribution is -2.02. The Morgan fingerprint density at radius 3 is 2.56 bits per heavy atom. The van der Waals surface area contributed by atoms with Gasteiger partial charge in [0.15, 0.2) is 5.69 Å². The van der Waals surface area contributed by atoms with Gasteiger partial charge in [0.1, 0.15) is 0 Å². The number of rotatable bonds is 7. The number of benzene rings is 2. The number of hydrogen-bond acceptors (Lipinski definition) is 6. The Hall–Kier alpha value is -3.11. The molecule has 1 aromatic heterocycles.